The maximum atomic E-state index is 11.3. The third-order valence-corrected chi connectivity index (χ3v) is 3.74. The number of benzene rings is 1. The Bertz CT molecular complexity index is 350. The summed E-state index contributed by atoms with van der Waals surface area (Å²) in [5.41, 5.74) is 1.19. The van der Waals surface area contributed by atoms with Crippen molar-refractivity contribution in [2.45, 2.75) is 36.8 Å². The van der Waals surface area contributed by atoms with E-state index in [9.17, 15) is 4.79 Å². The molecule has 1 aromatic carbocycles. The lowest BCUT2D eigenvalue weighted by Gasteiger charge is -2.24. The average Bonchev–Trinajstić information content (AvgIpc) is 2.32. The van der Waals surface area contributed by atoms with Crippen molar-refractivity contribution in [3.63, 3.8) is 0 Å². The van der Waals surface area contributed by atoms with Crippen molar-refractivity contribution in [2.75, 3.05) is 0 Å². The molecule has 1 aromatic rings. The van der Waals surface area contributed by atoms with Gasteiger partial charge in [0, 0.05) is 6.42 Å². The van der Waals surface area contributed by atoms with Crippen LogP contribution in [0, 0.1) is 0 Å². The third-order valence-electron chi connectivity index (χ3n) is 2.86. The summed E-state index contributed by atoms with van der Waals surface area (Å²) in [6.07, 6.45) is 2.50. The molecule has 1 aliphatic carbocycles. The molecule has 0 radical (unpaired) electrons. The number of carbonyl (C=O) groups excluding carboxylic acids is 1. The van der Waals surface area contributed by atoms with Gasteiger partial charge < -0.3 is 4.74 Å². The molecule has 2 nitrogen and oxygen atoms in total. The maximum absolute atomic E-state index is 11.3. The molecular weight excluding hydrogens is 268 g/mol. The lowest BCUT2D eigenvalue weighted by atomic mass is 9.96. The number of ketones is 1. The zero-order valence-electron chi connectivity index (χ0n) is 9.06. The van der Waals surface area contributed by atoms with Crippen LogP contribution in [0.15, 0.2) is 30.3 Å². The average molecular weight is 283 g/mol. The molecule has 0 heterocycles. The Labute approximate surface area is 104 Å². The van der Waals surface area contributed by atoms with Gasteiger partial charge in [-0.25, -0.2) is 0 Å². The van der Waals surface area contributed by atoms with E-state index in [2.05, 4.69) is 28.1 Å². The van der Waals surface area contributed by atoms with Crippen molar-refractivity contribution < 1.29 is 9.53 Å². The first-order valence-corrected chi connectivity index (χ1v) is 6.49. The molecule has 0 N–H and O–H groups in total. The molecule has 2 rings (SSSR count). The first kappa shape index (κ1) is 11.8. The Kier molecular flexibility index (Phi) is 4.13. The second kappa shape index (κ2) is 5.60. The highest BCUT2D eigenvalue weighted by Gasteiger charge is 2.26. The van der Waals surface area contributed by atoms with Gasteiger partial charge >= 0.3 is 0 Å². The molecule has 0 aromatic heterocycles. The van der Waals surface area contributed by atoms with Crippen LogP contribution in [0.25, 0.3) is 0 Å². The molecule has 0 amide bonds. The summed E-state index contributed by atoms with van der Waals surface area (Å²) in [5, 5.41) is 0. The van der Waals surface area contributed by atoms with E-state index in [1.807, 2.05) is 18.2 Å². The summed E-state index contributed by atoms with van der Waals surface area (Å²) < 4.78 is 5.81. The van der Waals surface area contributed by atoms with E-state index in [4.69, 9.17) is 4.74 Å². The molecule has 86 valence electrons. The topological polar surface area (TPSA) is 26.3 Å². The van der Waals surface area contributed by atoms with Crippen molar-refractivity contribution in [3.8, 4) is 0 Å². The van der Waals surface area contributed by atoms with Gasteiger partial charge in [-0.05, 0) is 18.4 Å². The minimum atomic E-state index is -0.0120. The van der Waals surface area contributed by atoms with Gasteiger partial charge in [-0.3, -0.25) is 4.79 Å². The van der Waals surface area contributed by atoms with Gasteiger partial charge in [-0.15, -0.1) is 0 Å². The fraction of sp³-hybridized carbons (Fsp3) is 0.462. The standard InChI is InChI=1S/C13H15BrO2/c14-12-8-11(6-7-13(12)15)16-9-10-4-2-1-3-5-10/h1-5,11-12H,6-9H2. The van der Waals surface area contributed by atoms with E-state index < -0.39 is 0 Å². The van der Waals surface area contributed by atoms with Crippen LogP contribution in [-0.2, 0) is 16.1 Å². The number of Topliss-reactive ketones (excluding diaryl/α,β-unsaturated/α-hetero) is 1. The molecule has 0 saturated heterocycles. The predicted molar refractivity (Wildman–Crippen MR) is 66.6 cm³/mol. The summed E-state index contributed by atoms with van der Waals surface area (Å²) in [5.74, 6) is 0.305. The van der Waals surface area contributed by atoms with Crippen molar-refractivity contribution >= 4 is 21.7 Å². The van der Waals surface area contributed by atoms with Crippen LogP contribution in [0.1, 0.15) is 24.8 Å². The van der Waals surface area contributed by atoms with Gasteiger partial charge in [0.05, 0.1) is 17.5 Å². The van der Waals surface area contributed by atoms with Gasteiger partial charge in [0.1, 0.15) is 5.78 Å². The van der Waals surface area contributed by atoms with Crippen LogP contribution < -0.4 is 0 Å². The molecule has 0 aliphatic heterocycles. The largest absolute Gasteiger partial charge is 0.373 e. The number of carbonyl (C=O) groups is 1. The Morgan fingerprint density at radius 2 is 2.06 bits per heavy atom. The van der Waals surface area contributed by atoms with E-state index in [1.165, 1.54) is 5.56 Å². The number of rotatable bonds is 3. The van der Waals surface area contributed by atoms with E-state index >= 15 is 0 Å². The van der Waals surface area contributed by atoms with E-state index in [1.54, 1.807) is 0 Å². The van der Waals surface area contributed by atoms with Crippen LogP contribution in [-0.4, -0.2) is 16.7 Å². The molecule has 0 bridgehead atoms. The SMILES string of the molecule is O=C1CCC(OCc2ccccc2)CC1Br. The number of ether oxygens (including phenoxy) is 1. The Hall–Kier alpha value is -0.670. The fourth-order valence-electron chi connectivity index (χ4n) is 1.88. The summed E-state index contributed by atoms with van der Waals surface area (Å²) in [4.78, 5) is 11.3. The second-order valence-corrected chi connectivity index (χ2v) is 5.23. The van der Waals surface area contributed by atoms with Gasteiger partial charge in [-0.2, -0.15) is 0 Å². The fourth-order valence-corrected chi connectivity index (χ4v) is 2.53. The van der Waals surface area contributed by atoms with Gasteiger partial charge in [-0.1, -0.05) is 46.3 Å². The van der Waals surface area contributed by atoms with E-state index in [0.29, 0.717) is 18.8 Å². The van der Waals surface area contributed by atoms with Crippen molar-refractivity contribution in [1.29, 1.82) is 0 Å². The zero-order valence-corrected chi connectivity index (χ0v) is 10.7. The van der Waals surface area contributed by atoms with Gasteiger partial charge in [0.2, 0.25) is 0 Å². The highest BCUT2D eigenvalue weighted by Crippen LogP contribution is 2.24. The van der Waals surface area contributed by atoms with Crippen LogP contribution in [0.4, 0.5) is 0 Å². The van der Waals surface area contributed by atoms with Crippen molar-refractivity contribution in [1.82, 2.24) is 0 Å². The summed E-state index contributed by atoms with van der Waals surface area (Å²) in [6.45, 7) is 0.638. The first-order valence-electron chi connectivity index (χ1n) is 5.58. The van der Waals surface area contributed by atoms with Gasteiger partial charge in [0.25, 0.3) is 0 Å². The molecule has 3 heteroatoms. The Morgan fingerprint density at radius 1 is 1.31 bits per heavy atom. The van der Waals surface area contributed by atoms with E-state index in [-0.39, 0.29) is 10.9 Å². The lowest BCUT2D eigenvalue weighted by molar-refractivity contribution is -0.122. The number of alkyl halides is 1. The third kappa shape index (κ3) is 3.16. The van der Waals surface area contributed by atoms with Crippen LogP contribution >= 0.6 is 15.9 Å². The predicted octanol–water partition coefficient (Wildman–Crippen LogP) is 3.09. The van der Waals surface area contributed by atoms with Gasteiger partial charge in [0.15, 0.2) is 0 Å². The molecule has 2 unspecified atom stereocenters. The maximum Gasteiger partial charge on any atom is 0.146 e. The van der Waals surface area contributed by atoms with Crippen LogP contribution in [0.5, 0.6) is 0 Å². The van der Waals surface area contributed by atoms with Crippen molar-refractivity contribution in [2.24, 2.45) is 0 Å². The number of hydrogen-bond donors (Lipinski definition) is 0. The van der Waals surface area contributed by atoms with Crippen molar-refractivity contribution in [3.05, 3.63) is 35.9 Å². The molecule has 1 saturated carbocycles. The summed E-state index contributed by atoms with van der Waals surface area (Å²) >= 11 is 3.39. The normalized spacial score (nSPS) is 25.7. The highest BCUT2D eigenvalue weighted by atomic mass is 79.9. The minimum absolute atomic E-state index is 0.0120. The molecule has 1 aliphatic rings. The molecule has 16 heavy (non-hydrogen) atoms. The Morgan fingerprint density at radius 3 is 2.75 bits per heavy atom. The molecule has 2 atom stereocenters. The Balaban J connectivity index is 1.81. The monoisotopic (exact) mass is 282 g/mol. The molecule has 1 fully saturated rings. The first-order chi connectivity index (χ1) is 7.75. The van der Waals surface area contributed by atoms with Crippen LogP contribution in [0.2, 0.25) is 0 Å². The summed E-state index contributed by atoms with van der Waals surface area (Å²) in [6, 6.07) is 10.1. The zero-order chi connectivity index (χ0) is 11.4. The van der Waals surface area contributed by atoms with E-state index in [0.717, 1.165) is 12.8 Å². The number of hydrogen-bond acceptors (Lipinski definition) is 2. The smallest absolute Gasteiger partial charge is 0.146 e. The molecular formula is C13H15BrO2. The molecule has 0 spiro atoms. The summed E-state index contributed by atoms with van der Waals surface area (Å²) in [7, 11) is 0. The second-order valence-electron chi connectivity index (χ2n) is 4.13. The lowest BCUT2D eigenvalue weighted by Crippen LogP contribution is -2.29. The minimum Gasteiger partial charge on any atom is -0.373 e. The highest BCUT2D eigenvalue weighted by molar-refractivity contribution is 9.10. The quantitative estimate of drug-likeness (QED) is 0.797. The van der Waals surface area contributed by atoms with Crippen LogP contribution in [0.3, 0.4) is 0 Å². The number of halogens is 1.